The summed E-state index contributed by atoms with van der Waals surface area (Å²) < 4.78 is 19.9. The van der Waals surface area contributed by atoms with Crippen LogP contribution in [0.3, 0.4) is 0 Å². The zero-order valence-corrected chi connectivity index (χ0v) is 17.6. The number of ether oxygens (including phenoxy) is 1. The van der Waals surface area contributed by atoms with Crippen LogP contribution in [0.15, 0.2) is 12.1 Å². The SMILES string of the molecule is CCCCCCCCOc1ccc([C@H]2CC[C@H](CCCCC)CC2)nc1F. The third-order valence-electron chi connectivity index (χ3n) is 6.07. The summed E-state index contributed by atoms with van der Waals surface area (Å²) in [6.45, 7) is 5.08. The Hall–Kier alpha value is -1.12. The fourth-order valence-corrected chi connectivity index (χ4v) is 4.26. The fraction of sp³-hybridized carbons (Fsp3) is 0.792. The largest absolute Gasteiger partial charge is 0.489 e. The van der Waals surface area contributed by atoms with Crippen LogP contribution in [0.1, 0.15) is 115 Å². The van der Waals surface area contributed by atoms with Gasteiger partial charge in [-0.05, 0) is 50.2 Å². The lowest BCUT2D eigenvalue weighted by molar-refractivity contribution is 0.281. The van der Waals surface area contributed by atoms with Crippen molar-refractivity contribution in [1.29, 1.82) is 0 Å². The minimum Gasteiger partial charge on any atom is -0.489 e. The molecular formula is C24H40FNO. The zero-order chi connectivity index (χ0) is 19.3. The van der Waals surface area contributed by atoms with Crippen LogP contribution in [0.2, 0.25) is 0 Å². The van der Waals surface area contributed by atoms with Crippen LogP contribution in [0.5, 0.6) is 5.75 Å². The molecule has 0 radical (unpaired) electrons. The molecule has 1 aromatic heterocycles. The average Bonchev–Trinajstić information content (AvgIpc) is 2.69. The Morgan fingerprint density at radius 3 is 2.26 bits per heavy atom. The van der Waals surface area contributed by atoms with Gasteiger partial charge in [0.05, 0.1) is 6.61 Å². The molecule has 0 amide bonds. The Labute approximate surface area is 166 Å². The molecule has 0 saturated heterocycles. The maximum Gasteiger partial charge on any atom is 0.255 e. The molecule has 2 rings (SSSR count). The zero-order valence-electron chi connectivity index (χ0n) is 17.6. The second-order valence-electron chi connectivity index (χ2n) is 8.35. The molecule has 1 saturated carbocycles. The Morgan fingerprint density at radius 2 is 1.56 bits per heavy atom. The number of pyridine rings is 1. The summed E-state index contributed by atoms with van der Waals surface area (Å²) >= 11 is 0. The van der Waals surface area contributed by atoms with E-state index in [2.05, 4.69) is 18.8 Å². The average molecular weight is 378 g/mol. The summed E-state index contributed by atoms with van der Waals surface area (Å²) in [6.07, 6.45) is 17.5. The summed E-state index contributed by atoms with van der Waals surface area (Å²) in [5, 5.41) is 0. The molecule has 0 unspecified atom stereocenters. The molecule has 0 aromatic carbocycles. The van der Waals surface area contributed by atoms with Crippen molar-refractivity contribution in [2.24, 2.45) is 5.92 Å². The molecule has 1 fully saturated rings. The number of aromatic nitrogens is 1. The van der Waals surface area contributed by atoms with Crippen LogP contribution in [0, 0.1) is 11.9 Å². The highest BCUT2D eigenvalue weighted by atomic mass is 19.1. The second kappa shape index (κ2) is 13.1. The van der Waals surface area contributed by atoms with E-state index in [1.165, 1.54) is 64.2 Å². The van der Waals surface area contributed by atoms with Crippen LogP contribution >= 0.6 is 0 Å². The van der Waals surface area contributed by atoms with Gasteiger partial charge in [-0.25, -0.2) is 4.98 Å². The summed E-state index contributed by atoms with van der Waals surface area (Å²) in [7, 11) is 0. The van der Waals surface area contributed by atoms with E-state index in [9.17, 15) is 4.39 Å². The lowest BCUT2D eigenvalue weighted by Gasteiger charge is -2.28. The van der Waals surface area contributed by atoms with Gasteiger partial charge in [-0.15, -0.1) is 0 Å². The Morgan fingerprint density at radius 1 is 0.889 bits per heavy atom. The molecule has 0 spiro atoms. The van der Waals surface area contributed by atoms with Gasteiger partial charge in [0.1, 0.15) is 0 Å². The molecule has 0 atom stereocenters. The maximum absolute atomic E-state index is 14.3. The van der Waals surface area contributed by atoms with E-state index >= 15 is 0 Å². The molecule has 27 heavy (non-hydrogen) atoms. The van der Waals surface area contributed by atoms with Crippen molar-refractivity contribution in [3.05, 3.63) is 23.8 Å². The maximum atomic E-state index is 14.3. The van der Waals surface area contributed by atoms with Gasteiger partial charge >= 0.3 is 0 Å². The third-order valence-corrected chi connectivity index (χ3v) is 6.07. The van der Waals surface area contributed by atoms with Gasteiger partial charge in [0.2, 0.25) is 0 Å². The van der Waals surface area contributed by atoms with Crippen molar-refractivity contribution in [3.63, 3.8) is 0 Å². The highest BCUT2D eigenvalue weighted by Crippen LogP contribution is 2.37. The number of unbranched alkanes of at least 4 members (excludes halogenated alkanes) is 7. The van der Waals surface area contributed by atoms with Gasteiger partial charge in [-0.2, -0.15) is 4.39 Å². The molecule has 0 aliphatic heterocycles. The second-order valence-corrected chi connectivity index (χ2v) is 8.35. The normalized spacial score (nSPS) is 20.0. The van der Waals surface area contributed by atoms with E-state index in [-0.39, 0.29) is 0 Å². The first-order valence-corrected chi connectivity index (χ1v) is 11.5. The lowest BCUT2D eigenvalue weighted by Crippen LogP contribution is -2.15. The van der Waals surface area contributed by atoms with Crippen molar-refractivity contribution in [2.45, 2.75) is 110 Å². The van der Waals surface area contributed by atoms with Crippen molar-refractivity contribution >= 4 is 0 Å². The van der Waals surface area contributed by atoms with E-state index in [1.807, 2.05) is 6.07 Å². The topological polar surface area (TPSA) is 22.1 Å². The lowest BCUT2D eigenvalue weighted by atomic mass is 9.78. The van der Waals surface area contributed by atoms with Crippen LogP contribution in [0.4, 0.5) is 4.39 Å². The van der Waals surface area contributed by atoms with E-state index in [0.29, 0.717) is 18.3 Å². The first-order valence-electron chi connectivity index (χ1n) is 11.5. The predicted octanol–water partition coefficient (Wildman–Crippen LogP) is 7.81. The molecule has 1 aliphatic carbocycles. The third kappa shape index (κ3) is 8.19. The standard InChI is InChI=1S/C24H40FNO/c1-3-5-7-8-9-11-19-27-23-18-17-22(26-24(23)25)21-15-13-20(14-16-21)12-10-6-4-2/h17-18,20-21H,3-16,19H2,1-2H3/t20-,21-. The molecule has 1 aromatic rings. The molecule has 3 heteroatoms. The Balaban J connectivity index is 1.70. The first-order chi connectivity index (χ1) is 13.2. The van der Waals surface area contributed by atoms with Gasteiger partial charge in [-0.3, -0.25) is 0 Å². The van der Waals surface area contributed by atoms with Gasteiger partial charge in [-0.1, -0.05) is 71.6 Å². The summed E-state index contributed by atoms with van der Waals surface area (Å²) in [4.78, 5) is 4.25. The van der Waals surface area contributed by atoms with E-state index in [1.54, 1.807) is 6.07 Å². The Bertz CT molecular complexity index is 511. The number of hydrogen-bond acceptors (Lipinski definition) is 2. The highest BCUT2D eigenvalue weighted by Gasteiger charge is 2.23. The van der Waals surface area contributed by atoms with Gasteiger partial charge < -0.3 is 4.74 Å². The minimum atomic E-state index is -0.427. The van der Waals surface area contributed by atoms with Crippen molar-refractivity contribution in [3.8, 4) is 5.75 Å². The van der Waals surface area contributed by atoms with Gasteiger partial charge in [0, 0.05) is 11.6 Å². The molecule has 1 heterocycles. The molecule has 154 valence electrons. The van der Waals surface area contributed by atoms with Crippen molar-refractivity contribution < 1.29 is 9.13 Å². The smallest absolute Gasteiger partial charge is 0.255 e. The first kappa shape index (κ1) is 22.2. The molecule has 2 nitrogen and oxygen atoms in total. The van der Waals surface area contributed by atoms with Crippen molar-refractivity contribution in [2.75, 3.05) is 6.61 Å². The fourth-order valence-electron chi connectivity index (χ4n) is 4.26. The van der Waals surface area contributed by atoms with Crippen molar-refractivity contribution in [1.82, 2.24) is 4.98 Å². The molecule has 0 bridgehead atoms. The summed E-state index contributed by atoms with van der Waals surface area (Å²) in [6, 6.07) is 3.78. The Kier molecular flexibility index (Phi) is 10.8. The van der Waals surface area contributed by atoms with Crippen LogP contribution in [-0.2, 0) is 0 Å². The molecule has 0 N–H and O–H groups in total. The highest BCUT2D eigenvalue weighted by molar-refractivity contribution is 5.23. The van der Waals surface area contributed by atoms with E-state index in [4.69, 9.17) is 4.74 Å². The number of halogens is 1. The number of hydrogen-bond donors (Lipinski definition) is 0. The quantitative estimate of drug-likeness (QED) is 0.258. The summed E-state index contributed by atoms with van der Waals surface area (Å²) in [5.74, 6) is 1.19. The van der Waals surface area contributed by atoms with Crippen LogP contribution < -0.4 is 4.74 Å². The monoisotopic (exact) mass is 377 g/mol. The molecular weight excluding hydrogens is 337 g/mol. The van der Waals surface area contributed by atoms with Gasteiger partial charge in [0.15, 0.2) is 5.75 Å². The van der Waals surface area contributed by atoms with Gasteiger partial charge in [0.25, 0.3) is 5.95 Å². The van der Waals surface area contributed by atoms with E-state index in [0.717, 1.165) is 37.3 Å². The number of rotatable bonds is 13. The summed E-state index contributed by atoms with van der Waals surface area (Å²) in [5.41, 5.74) is 0.923. The van der Waals surface area contributed by atoms with Crippen LogP contribution in [0.25, 0.3) is 0 Å². The van der Waals surface area contributed by atoms with Crippen LogP contribution in [-0.4, -0.2) is 11.6 Å². The number of nitrogens with zero attached hydrogens (tertiary/aromatic N) is 1. The molecule has 1 aliphatic rings. The predicted molar refractivity (Wildman–Crippen MR) is 112 cm³/mol. The minimum absolute atomic E-state index is 0.320. The van der Waals surface area contributed by atoms with E-state index < -0.39 is 5.95 Å².